The number of nitrogens with two attached hydrogens (primary N) is 2. The molecule has 6 atom stereocenters. The summed E-state index contributed by atoms with van der Waals surface area (Å²) in [4.78, 5) is 5.17. The Hall–Kier alpha value is -0.160. The van der Waals surface area contributed by atoms with E-state index in [1.54, 1.807) is 0 Å². The van der Waals surface area contributed by atoms with Gasteiger partial charge in [0.1, 0.15) is 0 Å². The monoisotopic (exact) mass is 250 g/mol. The SMILES string of the molecule is CN1C[C@@H]2[C@@H]3CN(C)[C@@H]4C[C@]3(CN)[C@@H]1C[C@]24CN. The van der Waals surface area contributed by atoms with Gasteiger partial charge in [-0.2, -0.15) is 0 Å². The van der Waals surface area contributed by atoms with Crippen LogP contribution in [0.25, 0.3) is 0 Å². The van der Waals surface area contributed by atoms with Gasteiger partial charge in [0.15, 0.2) is 0 Å². The first-order valence-corrected chi connectivity index (χ1v) is 7.40. The van der Waals surface area contributed by atoms with Gasteiger partial charge in [-0.25, -0.2) is 0 Å². The molecule has 7 rings (SSSR count). The van der Waals surface area contributed by atoms with Crippen LogP contribution >= 0.6 is 0 Å². The Morgan fingerprint density at radius 1 is 0.889 bits per heavy atom. The lowest BCUT2D eigenvalue weighted by atomic mass is 9.36. The minimum Gasteiger partial charge on any atom is -0.330 e. The van der Waals surface area contributed by atoms with Crippen molar-refractivity contribution in [2.24, 2.45) is 34.1 Å². The summed E-state index contributed by atoms with van der Waals surface area (Å²) in [7, 11) is 4.59. The van der Waals surface area contributed by atoms with Gasteiger partial charge in [0.2, 0.25) is 0 Å². The maximum Gasteiger partial charge on any atom is 0.0171 e. The van der Waals surface area contributed by atoms with Crippen LogP contribution in [-0.2, 0) is 0 Å². The standard InChI is InChI=1S/C14H26N4/c1-17-5-9-10-6-18(2)12-4-13(10,7-15)11(17)3-14(9,12)8-16/h9-12H,3-8,15-16H2,1-2H3/t9-,10+,11+,12-,13-,14+. The molecule has 0 radical (unpaired) electrons. The Morgan fingerprint density at radius 2 is 1.28 bits per heavy atom. The minimum atomic E-state index is 0.395. The molecular weight excluding hydrogens is 224 g/mol. The predicted octanol–water partition coefficient (Wildman–Crippen LogP) is -0.456. The van der Waals surface area contributed by atoms with E-state index in [4.69, 9.17) is 11.5 Å². The van der Waals surface area contributed by atoms with Gasteiger partial charge in [0.05, 0.1) is 0 Å². The Labute approximate surface area is 110 Å². The van der Waals surface area contributed by atoms with Crippen LogP contribution in [0, 0.1) is 22.7 Å². The predicted molar refractivity (Wildman–Crippen MR) is 72.0 cm³/mol. The third-order valence-electron chi connectivity index (χ3n) is 7.23. The van der Waals surface area contributed by atoms with Crippen molar-refractivity contribution in [2.45, 2.75) is 24.9 Å². The average Bonchev–Trinajstić information content (AvgIpc) is 2.40. The van der Waals surface area contributed by atoms with E-state index in [1.165, 1.54) is 25.9 Å². The number of fused-ring (bicyclic) bond motifs is 2. The van der Waals surface area contributed by atoms with Crippen LogP contribution < -0.4 is 11.5 Å². The number of rotatable bonds is 2. The molecule has 4 heterocycles. The smallest absolute Gasteiger partial charge is 0.0171 e. The molecule has 102 valence electrons. The summed E-state index contributed by atoms with van der Waals surface area (Å²) in [5.41, 5.74) is 13.3. The maximum absolute atomic E-state index is 6.26. The van der Waals surface area contributed by atoms with Crippen molar-refractivity contribution in [3.05, 3.63) is 0 Å². The molecule has 0 amide bonds. The highest BCUT2D eigenvalue weighted by Crippen LogP contribution is 2.69. The number of nitrogens with zero attached hydrogens (tertiary/aromatic N) is 2. The Kier molecular flexibility index (Phi) is 2.13. The molecule has 4 saturated heterocycles. The van der Waals surface area contributed by atoms with Crippen molar-refractivity contribution in [1.82, 2.24) is 9.80 Å². The van der Waals surface area contributed by atoms with Crippen molar-refractivity contribution in [2.75, 3.05) is 40.3 Å². The lowest BCUT2D eigenvalue weighted by molar-refractivity contribution is -0.280. The van der Waals surface area contributed by atoms with Crippen LogP contribution in [0.15, 0.2) is 0 Å². The first-order chi connectivity index (χ1) is 8.59. The first-order valence-electron chi connectivity index (χ1n) is 7.40. The van der Waals surface area contributed by atoms with Crippen LogP contribution in [0.3, 0.4) is 0 Å². The summed E-state index contributed by atoms with van der Waals surface area (Å²) >= 11 is 0. The van der Waals surface area contributed by atoms with Gasteiger partial charge < -0.3 is 21.3 Å². The van der Waals surface area contributed by atoms with Crippen LogP contribution in [0.4, 0.5) is 0 Å². The van der Waals surface area contributed by atoms with Gasteiger partial charge in [-0.05, 0) is 51.9 Å². The minimum absolute atomic E-state index is 0.395. The number of hydrogen-bond donors (Lipinski definition) is 2. The summed E-state index contributed by atoms with van der Waals surface area (Å²) in [6.07, 6.45) is 2.57. The summed E-state index contributed by atoms with van der Waals surface area (Å²) in [6.45, 7) is 4.24. The van der Waals surface area contributed by atoms with Crippen LogP contribution in [-0.4, -0.2) is 62.2 Å². The van der Waals surface area contributed by atoms with E-state index in [0.29, 0.717) is 22.9 Å². The van der Waals surface area contributed by atoms with E-state index < -0.39 is 0 Å². The first kappa shape index (κ1) is 11.6. The van der Waals surface area contributed by atoms with Crippen molar-refractivity contribution in [1.29, 1.82) is 0 Å². The topological polar surface area (TPSA) is 58.5 Å². The van der Waals surface area contributed by atoms with Crippen molar-refractivity contribution >= 4 is 0 Å². The van der Waals surface area contributed by atoms with E-state index in [2.05, 4.69) is 23.9 Å². The van der Waals surface area contributed by atoms with E-state index in [0.717, 1.165) is 24.9 Å². The largest absolute Gasteiger partial charge is 0.330 e. The van der Waals surface area contributed by atoms with Crippen LogP contribution in [0.1, 0.15) is 12.8 Å². The van der Waals surface area contributed by atoms with E-state index >= 15 is 0 Å². The molecule has 4 heteroatoms. The molecule has 7 aliphatic rings. The fraction of sp³-hybridized carbons (Fsp3) is 1.00. The van der Waals surface area contributed by atoms with Gasteiger partial charge in [-0.15, -0.1) is 0 Å². The molecule has 4 aliphatic heterocycles. The zero-order valence-corrected chi connectivity index (χ0v) is 11.6. The van der Waals surface area contributed by atoms with E-state index in [-0.39, 0.29) is 0 Å². The molecule has 0 aromatic rings. The molecule has 18 heavy (non-hydrogen) atoms. The lowest BCUT2D eigenvalue weighted by Gasteiger charge is -2.78. The Balaban J connectivity index is 1.87. The highest BCUT2D eigenvalue weighted by Gasteiger charge is 2.73. The van der Waals surface area contributed by atoms with Crippen molar-refractivity contribution < 1.29 is 0 Å². The highest BCUT2D eigenvalue weighted by molar-refractivity contribution is 5.26. The molecule has 0 aromatic carbocycles. The quantitative estimate of drug-likeness (QED) is 0.696. The molecule has 0 spiro atoms. The molecular formula is C14H26N4. The fourth-order valence-electron chi connectivity index (χ4n) is 6.42. The van der Waals surface area contributed by atoms with Gasteiger partial charge in [-0.1, -0.05) is 0 Å². The second kappa shape index (κ2) is 3.29. The molecule has 0 aromatic heterocycles. The Bertz CT molecular complexity index is 350. The van der Waals surface area contributed by atoms with Gasteiger partial charge >= 0.3 is 0 Å². The van der Waals surface area contributed by atoms with Crippen molar-refractivity contribution in [3.63, 3.8) is 0 Å². The normalized spacial score (nSPS) is 58.7. The molecule has 0 unspecified atom stereocenters. The summed E-state index contributed by atoms with van der Waals surface area (Å²) < 4.78 is 0. The average molecular weight is 250 g/mol. The summed E-state index contributed by atoms with van der Waals surface area (Å²) in [5.74, 6) is 1.58. The molecule has 3 saturated carbocycles. The molecule has 4 N–H and O–H groups in total. The second-order valence-electron chi connectivity index (χ2n) is 7.41. The van der Waals surface area contributed by atoms with Gasteiger partial charge in [-0.3, -0.25) is 0 Å². The zero-order chi connectivity index (χ0) is 12.7. The van der Waals surface area contributed by atoms with Crippen LogP contribution in [0.2, 0.25) is 0 Å². The second-order valence-corrected chi connectivity index (χ2v) is 7.41. The number of piperidine rings is 4. The molecule has 7 fully saturated rings. The molecule has 4 nitrogen and oxygen atoms in total. The lowest BCUT2D eigenvalue weighted by Crippen LogP contribution is -2.84. The third kappa shape index (κ3) is 0.974. The van der Waals surface area contributed by atoms with Crippen molar-refractivity contribution in [3.8, 4) is 0 Å². The maximum atomic E-state index is 6.26. The van der Waals surface area contributed by atoms with E-state index in [9.17, 15) is 0 Å². The molecule has 3 aliphatic carbocycles. The number of hydrogen-bond acceptors (Lipinski definition) is 4. The fourth-order valence-corrected chi connectivity index (χ4v) is 6.42. The van der Waals surface area contributed by atoms with Crippen LogP contribution in [0.5, 0.6) is 0 Å². The zero-order valence-electron chi connectivity index (χ0n) is 11.6. The summed E-state index contributed by atoms with van der Waals surface area (Å²) in [5, 5.41) is 0. The van der Waals surface area contributed by atoms with Gasteiger partial charge in [0.25, 0.3) is 0 Å². The molecule has 6 bridgehead atoms. The summed E-state index contributed by atoms with van der Waals surface area (Å²) in [6, 6.07) is 1.37. The Morgan fingerprint density at radius 3 is 1.61 bits per heavy atom. The third-order valence-corrected chi connectivity index (χ3v) is 7.23. The highest BCUT2D eigenvalue weighted by atomic mass is 15.3. The van der Waals surface area contributed by atoms with E-state index in [1.807, 2.05) is 0 Å². The van der Waals surface area contributed by atoms with Gasteiger partial charge in [0, 0.05) is 36.0 Å².